The van der Waals surface area contributed by atoms with Crippen LogP contribution in [0, 0.1) is 0 Å². The van der Waals surface area contributed by atoms with Gasteiger partial charge in [0, 0.05) is 6.42 Å². The van der Waals surface area contributed by atoms with Crippen LogP contribution in [0.25, 0.3) is 0 Å². The van der Waals surface area contributed by atoms with E-state index in [1.54, 1.807) is 17.6 Å². The van der Waals surface area contributed by atoms with Crippen LogP contribution in [0.15, 0.2) is 22.8 Å². The molecule has 2 aromatic rings. The number of ether oxygens (including phenoxy) is 1. The number of anilines is 1. The molecule has 1 aliphatic heterocycles. The van der Waals surface area contributed by atoms with Crippen molar-refractivity contribution >= 4 is 39.6 Å². The monoisotopic (exact) mass is 422 g/mol. The summed E-state index contributed by atoms with van der Waals surface area (Å²) in [6.07, 6.45) is 2.42. The van der Waals surface area contributed by atoms with Gasteiger partial charge in [-0.1, -0.05) is 0 Å². The lowest BCUT2D eigenvalue weighted by Gasteiger charge is -2.38. The Kier molecular flexibility index (Phi) is 5.84. The molecule has 0 amide bonds. The number of esters is 1. The van der Waals surface area contributed by atoms with E-state index in [9.17, 15) is 4.79 Å². The molecule has 0 spiro atoms. The van der Waals surface area contributed by atoms with E-state index < -0.39 is 0 Å². The van der Waals surface area contributed by atoms with Crippen LogP contribution in [0.4, 0.5) is 5.00 Å². The van der Waals surface area contributed by atoms with E-state index in [-0.39, 0.29) is 17.0 Å². The number of rotatable bonds is 5. The average Bonchev–Trinajstić information content (AvgIpc) is 3.19. The highest BCUT2D eigenvalue weighted by Gasteiger charge is 2.45. The Morgan fingerprint density at radius 3 is 2.79 bits per heavy atom. The number of carbonyl (C=O) groups is 1. The summed E-state index contributed by atoms with van der Waals surface area (Å²) in [5.41, 5.74) is 1.54. The predicted octanol–water partition coefficient (Wildman–Crippen LogP) is 3.14. The van der Waals surface area contributed by atoms with Gasteiger partial charge in [0.05, 0.1) is 35.4 Å². The molecule has 3 rings (SSSR count). The Hall–Kier alpha value is -1.90. The second-order valence-electron chi connectivity index (χ2n) is 8.25. The molecule has 1 aliphatic rings. The summed E-state index contributed by atoms with van der Waals surface area (Å²) in [6, 6.07) is 3.71. The van der Waals surface area contributed by atoms with Crippen molar-refractivity contribution in [1.82, 2.24) is 5.32 Å². The number of thiocarbonyl (C=S) groups is 1. The number of thiophene rings is 1. The van der Waals surface area contributed by atoms with Crippen molar-refractivity contribution in [2.45, 2.75) is 58.7 Å². The SMILES string of the molecule is CCOC(=O)c1c(NC(=S)NCc2ccco2)sc2c1CC(C)(C)[NH2+]C2(C)C. The number of quaternary nitrogens is 1. The summed E-state index contributed by atoms with van der Waals surface area (Å²) in [4.78, 5) is 14.0. The van der Waals surface area contributed by atoms with Gasteiger partial charge in [0.25, 0.3) is 0 Å². The molecule has 152 valence electrons. The normalized spacial score (nSPS) is 16.9. The Bertz CT molecular complexity index is 870. The minimum Gasteiger partial charge on any atom is -0.467 e. The van der Waals surface area contributed by atoms with Crippen LogP contribution < -0.4 is 16.0 Å². The molecule has 0 aliphatic carbocycles. The van der Waals surface area contributed by atoms with E-state index in [0.717, 1.165) is 22.7 Å². The first-order chi connectivity index (χ1) is 13.1. The number of hydrogen-bond acceptors (Lipinski definition) is 5. The Labute approximate surface area is 175 Å². The van der Waals surface area contributed by atoms with Crippen LogP contribution in [0.1, 0.15) is 61.2 Å². The summed E-state index contributed by atoms with van der Waals surface area (Å²) in [6.45, 7) is 11.4. The van der Waals surface area contributed by atoms with Gasteiger partial charge in [-0.25, -0.2) is 4.79 Å². The van der Waals surface area contributed by atoms with Crippen LogP contribution in [0.5, 0.6) is 0 Å². The van der Waals surface area contributed by atoms with E-state index in [4.69, 9.17) is 21.4 Å². The Morgan fingerprint density at radius 1 is 1.39 bits per heavy atom. The molecule has 0 aromatic carbocycles. The topological polar surface area (TPSA) is 80.1 Å². The number of nitrogens with one attached hydrogen (secondary N) is 2. The number of fused-ring (bicyclic) bond motifs is 1. The highest BCUT2D eigenvalue weighted by Crippen LogP contribution is 2.42. The van der Waals surface area contributed by atoms with Gasteiger partial charge in [0.1, 0.15) is 16.3 Å². The molecule has 2 aromatic heterocycles. The molecule has 0 radical (unpaired) electrons. The van der Waals surface area contributed by atoms with Crippen molar-refractivity contribution in [1.29, 1.82) is 0 Å². The Morgan fingerprint density at radius 2 is 2.14 bits per heavy atom. The minimum atomic E-state index is -0.301. The molecule has 0 atom stereocenters. The largest absolute Gasteiger partial charge is 0.467 e. The zero-order chi connectivity index (χ0) is 20.5. The number of carbonyl (C=O) groups excluding carboxylic acids is 1. The quantitative estimate of drug-likeness (QED) is 0.507. The van der Waals surface area contributed by atoms with Crippen LogP contribution in [0.2, 0.25) is 0 Å². The number of hydrogen-bond donors (Lipinski definition) is 3. The highest BCUT2D eigenvalue weighted by atomic mass is 32.1. The second kappa shape index (κ2) is 7.85. The van der Waals surface area contributed by atoms with E-state index in [1.165, 1.54) is 4.88 Å². The van der Waals surface area contributed by atoms with Crippen molar-refractivity contribution in [3.63, 3.8) is 0 Å². The van der Waals surface area contributed by atoms with Gasteiger partial charge in [0.15, 0.2) is 5.11 Å². The fraction of sp³-hybridized carbons (Fsp3) is 0.500. The molecule has 28 heavy (non-hydrogen) atoms. The molecule has 4 N–H and O–H groups in total. The molecule has 0 fully saturated rings. The van der Waals surface area contributed by atoms with Crippen molar-refractivity contribution in [2.24, 2.45) is 0 Å². The molecule has 6 nitrogen and oxygen atoms in total. The van der Waals surface area contributed by atoms with Gasteiger partial charge in [-0.05, 0) is 64.5 Å². The first-order valence-electron chi connectivity index (χ1n) is 9.40. The van der Waals surface area contributed by atoms with Gasteiger partial charge >= 0.3 is 5.97 Å². The Balaban J connectivity index is 1.91. The lowest BCUT2D eigenvalue weighted by molar-refractivity contribution is -0.789. The fourth-order valence-corrected chi connectivity index (χ4v) is 5.46. The molecule has 0 bridgehead atoms. The minimum absolute atomic E-state index is 0.00582. The molecular weight excluding hydrogens is 394 g/mol. The summed E-state index contributed by atoms with van der Waals surface area (Å²) in [5, 5.41) is 9.89. The molecule has 0 unspecified atom stereocenters. The third kappa shape index (κ3) is 4.39. The standard InChI is InChI=1S/C20H27N3O3S2/c1-6-25-17(24)14-13-10-19(2,3)23-20(4,5)15(13)28-16(14)22-18(27)21-11-12-8-7-9-26-12/h7-9,23H,6,10-11H2,1-5H3,(H2,21,22,27)/p+1. The summed E-state index contributed by atoms with van der Waals surface area (Å²) < 4.78 is 10.7. The average molecular weight is 423 g/mol. The molecule has 0 saturated carbocycles. The molecule has 3 heterocycles. The maximum absolute atomic E-state index is 12.8. The van der Waals surface area contributed by atoms with Gasteiger partial charge in [-0.2, -0.15) is 0 Å². The fourth-order valence-electron chi connectivity index (χ4n) is 3.94. The first kappa shape index (κ1) is 20.8. The van der Waals surface area contributed by atoms with Crippen LogP contribution in [-0.4, -0.2) is 23.2 Å². The maximum Gasteiger partial charge on any atom is 0.341 e. The molecule has 0 saturated heterocycles. The van der Waals surface area contributed by atoms with E-state index >= 15 is 0 Å². The van der Waals surface area contributed by atoms with Gasteiger partial charge in [-0.15, -0.1) is 11.3 Å². The van der Waals surface area contributed by atoms with Crippen LogP contribution >= 0.6 is 23.6 Å². The van der Waals surface area contributed by atoms with Gasteiger partial charge in [-0.3, -0.25) is 0 Å². The van der Waals surface area contributed by atoms with E-state index in [0.29, 0.717) is 23.8 Å². The zero-order valence-electron chi connectivity index (χ0n) is 17.0. The van der Waals surface area contributed by atoms with Crippen molar-refractivity contribution in [3.05, 3.63) is 40.2 Å². The van der Waals surface area contributed by atoms with Crippen molar-refractivity contribution < 1.29 is 19.3 Å². The zero-order valence-corrected chi connectivity index (χ0v) is 18.6. The molecular formula is C20H28N3O3S2+. The highest BCUT2D eigenvalue weighted by molar-refractivity contribution is 7.80. The lowest BCUT2D eigenvalue weighted by Crippen LogP contribution is -3.03. The lowest BCUT2D eigenvalue weighted by atomic mass is 9.81. The number of furan rings is 1. The number of nitrogens with two attached hydrogens (primary N) is 1. The summed E-state index contributed by atoms with van der Waals surface area (Å²) >= 11 is 7.03. The summed E-state index contributed by atoms with van der Waals surface area (Å²) in [7, 11) is 0. The van der Waals surface area contributed by atoms with Crippen molar-refractivity contribution in [3.8, 4) is 0 Å². The maximum atomic E-state index is 12.8. The predicted molar refractivity (Wildman–Crippen MR) is 115 cm³/mol. The summed E-state index contributed by atoms with van der Waals surface area (Å²) in [5.74, 6) is 0.488. The molecule has 8 heteroatoms. The smallest absolute Gasteiger partial charge is 0.341 e. The first-order valence-corrected chi connectivity index (χ1v) is 10.6. The van der Waals surface area contributed by atoms with Crippen LogP contribution in [0.3, 0.4) is 0 Å². The van der Waals surface area contributed by atoms with Gasteiger partial charge < -0.3 is 25.1 Å². The van der Waals surface area contributed by atoms with Crippen molar-refractivity contribution in [2.75, 3.05) is 11.9 Å². The van der Waals surface area contributed by atoms with Crippen LogP contribution in [-0.2, 0) is 23.2 Å². The van der Waals surface area contributed by atoms with E-state index in [2.05, 4.69) is 43.6 Å². The third-order valence-electron chi connectivity index (χ3n) is 4.69. The third-order valence-corrected chi connectivity index (χ3v) is 6.42. The van der Waals surface area contributed by atoms with E-state index in [1.807, 2.05) is 19.1 Å². The van der Waals surface area contributed by atoms with Gasteiger partial charge in [0.2, 0.25) is 0 Å². The second-order valence-corrected chi connectivity index (χ2v) is 9.68.